The van der Waals surface area contributed by atoms with E-state index in [-0.39, 0.29) is 54.1 Å². The molecule has 1 amide bonds. The lowest BCUT2D eigenvalue weighted by Gasteiger charge is -2.40. The summed E-state index contributed by atoms with van der Waals surface area (Å²) >= 11 is 1.22. The van der Waals surface area contributed by atoms with Gasteiger partial charge in [-0.3, -0.25) is 9.59 Å². The van der Waals surface area contributed by atoms with Crippen molar-refractivity contribution >= 4 is 23.6 Å². The van der Waals surface area contributed by atoms with Crippen molar-refractivity contribution in [1.82, 2.24) is 19.8 Å². The first-order valence-electron chi connectivity index (χ1n) is 13.8. The van der Waals surface area contributed by atoms with Crippen LogP contribution in [0.2, 0.25) is 0 Å². The molecule has 0 bridgehead atoms. The van der Waals surface area contributed by atoms with Crippen LogP contribution < -0.4 is 5.32 Å². The van der Waals surface area contributed by atoms with Crippen LogP contribution >= 0.6 is 11.8 Å². The summed E-state index contributed by atoms with van der Waals surface area (Å²) in [6.45, 7) is 7.93. The number of carboxylic acid groups (broad SMARTS) is 1. The van der Waals surface area contributed by atoms with Gasteiger partial charge in [-0.1, -0.05) is 12.2 Å². The van der Waals surface area contributed by atoms with Crippen molar-refractivity contribution in [2.24, 2.45) is 11.8 Å². The van der Waals surface area contributed by atoms with Crippen molar-refractivity contribution in [3.05, 3.63) is 54.0 Å². The first-order chi connectivity index (χ1) is 19.6. The van der Waals surface area contributed by atoms with Gasteiger partial charge in [0.15, 0.2) is 0 Å². The summed E-state index contributed by atoms with van der Waals surface area (Å²) < 4.78 is 51.3. The van der Waals surface area contributed by atoms with E-state index in [1.807, 2.05) is 11.5 Å². The number of alkyl halides is 1. The number of nitrogens with one attached hydrogen (secondary N) is 1. The van der Waals surface area contributed by atoms with E-state index in [4.69, 9.17) is 14.8 Å². The quantitative estimate of drug-likeness (QED) is 0.261. The normalized spacial score (nSPS) is 20.2. The van der Waals surface area contributed by atoms with E-state index >= 15 is 0 Å². The summed E-state index contributed by atoms with van der Waals surface area (Å²) in [5.74, 6) is -2.16. The number of halogens is 3. The van der Waals surface area contributed by atoms with E-state index in [1.54, 1.807) is 11.1 Å². The Morgan fingerprint density at radius 3 is 2.71 bits per heavy atom. The molecule has 0 saturated carbocycles. The van der Waals surface area contributed by atoms with Crippen LogP contribution in [0, 0.1) is 23.5 Å². The zero-order chi connectivity index (χ0) is 29.5. The molecule has 1 aromatic heterocycles. The summed E-state index contributed by atoms with van der Waals surface area (Å²) in [7, 11) is 0. The molecule has 2 fully saturated rings. The number of rotatable bonds is 13. The predicted molar refractivity (Wildman–Crippen MR) is 151 cm³/mol. The maximum atomic E-state index is 14.9. The van der Waals surface area contributed by atoms with Crippen LogP contribution in [0.3, 0.4) is 0 Å². The Labute approximate surface area is 242 Å². The molecule has 3 heterocycles. The van der Waals surface area contributed by atoms with E-state index < -0.39 is 35.7 Å². The topological polar surface area (TPSA) is 96.7 Å². The SMILES string of the molecule is C=C(C)Cn1cc(-c2cc(F)ccc2F)nc1C(C1CCOCC1)N(CC1CNCC1F)C(=O)CSCCC(=O)O. The van der Waals surface area contributed by atoms with Crippen LogP contribution in [0.15, 0.2) is 36.5 Å². The molecule has 3 atom stereocenters. The van der Waals surface area contributed by atoms with Gasteiger partial charge in [0, 0.05) is 62.8 Å². The fourth-order valence-electron chi connectivity index (χ4n) is 5.45. The van der Waals surface area contributed by atoms with Crippen molar-refractivity contribution in [2.45, 2.75) is 44.9 Å². The number of aliphatic carboxylic acids is 1. The third-order valence-electron chi connectivity index (χ3n) is 7.46. The summed E-state index contributed by atoms with van der Waals surface area (Å²) in [4.78, 5) is 31.4. The molecule has 0 aliphatic carbocycles. The molecular formula is C29H37F3N4O4S. The Morgan fingerprint density at radius 2 is 2.05 bits per heavy atom. The zero-order valence-electron chi connectivity index (χ0n) is 23.2. The highest BCUT2D eigenvalue weighted by Gasteiger charge is 2.40. The van der Waals surface area contributed by atoms with Gasteiger partial charge >= 0.3 is 5.97 Å². The van der Waals surface area contributed by atoms with Crippen molar-refractivity contribution in [3.63, 3.8) is 0 Å². The highest BCUT2D eigenvalue weighted by atomic mass is 32.2. The van der Waals surface area contributed by atoms with Crippen LogP contribution in [-0.4, -0.2) is 82.0 Å². The van der Waals surface area contributed by atoms with E-state index in [0.717, 1.165) is 23.8 Å². The Balaban J connectivity index is 1.78. The van der Waals surface area contributed by atoms with E-state index in [2.05, 4.69) is 11.9 Å². The van der Waals surface area contributed by atoms with Crippen molar-refractivity contribution in [1.29, 1.82) is 0 Å². The van der Waals surface area contributed by atoms with Gasteiger partial charge in [-0.25, -0.2) is 18.2 Å². The first-order valence-corrected chi connectivity index (χ1v) is 15.0. The van der Waals surface area contributed by atoms with Crippen LogP contribution in [0.1, 0.15) is 38.1 Å². The molecule has 3 unspecified atom stereocenters. The molecule has 224 valence electrons. The average molecular weight is 595 g/mol. The standard InChI is InChI=1S/C29H37F3N4O4S/c1-18(2)14-35-16-25(22-11-21(30)3-4-23(22)31)34-29(35)28(19-5-8-40-9-6-19)36(15-20-12-33-13-24(20)32)26(37)17-41-10-7-27(38)39/h3-4,11,16,19-20,24,28,33H,1,5-10,12-15,17H2,2H3,(H,38,39). The predicted octanol–water partition coefficient (Wildman–Crippen LogP) is 4.47. The van der Waals surface area contributed by atoms with Gasteiger partial charge in [-0.15, -0.1) is 0 Å². The summed E-state index contributed by atoms with van der Waals surface area (Å²) in [6, 6.07) is 2.59. The number of aromatic nitrogens is 2. The number of imidazole rings is 1. The van der Waals surface area contributed by atoms with E-state index in [9.17, 15) is 22.8 Å². The number of hydrogen-bond donors (Lipinski definition) is 2. The number of ether oxygens (including phenoxy) is 1. The van der Waals surface area contributed by atoms with Gasteiger partial charge in [0.1, 0.15) is 23.6 Å². The lowest BCUT2D eigenvalue weighted by atomic mass is 9.88. The van der Waals surface area contributed by atoms with Gasteiger partial charge < -0.3 is 24.6 Å². The lowest BCUT2D eigenvalue weighted by Crippen LogP contribution is -2.46. The molecule has 2 aliphatic rings. The molecule has 4 rings (SSSR count). The molecular weight excluding hydrogens is 557 g/mol. The third kappa shape index (κ3) is 8.14. The maximum absolute atomic E-state index is 14.9. The van der Waals surface area contributed by atoms with Crippen LogP contribution in [0.4, 0.5) is 13.2 Å². The molecule has 0 radical (unpaired) electrons. The number of amides is 1. The van der Waals surface area contributed by atoms with Gasteiger partial charge in [0.2, 0.25) is 5.91 Å². The summed E-state index contributed by atoms with van der Waals surface area (Å²) in [5, 5.41) is 12.1. The molecule has 0 spiro atoms. The highest BCUT2D eigenvalue weighted by Crippen LogP contribution is 2.38. The first kappa shape index (κ1) is 31.1. The molecule has 1 aromatic carbocycles. The van der Waals surface area contributed by atoms with E-state index in [0.29, 0.717) is 45.0 Å². The van der Waals surface area contributed by atoms with Crippen molar-refractivity contribution in [3.8, 4) is 11.3 Å². The molecule has 41 heavy (non-hydrogen) atoms. The Morgan fingerprint density at radius 1 is 1.29 bits per heavy atom. The molecule has 2 N–H and O–H groups in total. The number of nitrogens with zero attached hydrogens (tertiary/aromatic N) is 3. The molecule has 2 saturated heterocycles. The second-order valence-corrected chi connectivity index (χ2v) is 11.9. The molecule has 2 aromatic rings. The number of benzene rings is 1. The van der Waals surface area contributed by atoms with Crippen LogP contribution in [-0.2, 0) is 20.9 Å². The summed E-state index contributed by atoms with van der Waals surface area (Å²) in [6.07, 6.45) is 1.70. The van der Waals surface area contributed by atoms with Gasteiger partial charge in [0.05, 0.1) is 23.9 Å². The zero-order valence-corrected chi connectivity index (χ0v) is 24.0. The number of allylic oxidation sites excluding steroid dienone is 1. The summed E-state index contributed by atoms with van der Waals surface area (Å²) in [5.41, 5.74) is 1.03. The minimum Gasteiger partial charge on any atom is -0.481 e. The minimum absolute atomic E-state index is 0.00311. The number of carbonyl (C=O) groups excluding carboxylic acids is 1. The maximum Gasteiger partial charge on any atom is 0.304 e. The molecule has 12 heteroatoms. The minimum atomic E-state index is -1.13. The average Bonchev–Trinajstić information content (AvgIpc) is 3.53. The van der Waals surface area contributed by atoms with Gasteiger partial charge in [-0.05, 0) is 43.9 Å². The Hall–Kier alpha value is -2.83. The lowest BCUT2D eigenvalue weighted by molar-refractivity contribution is -0.137. The van der Waals surface area contributed by atoms with Crippen molar-refractivity contribution in [2.75, 3.05) is 44.4 Å². The number of hydrogen-bond acceptors (Lipinski definition) is 6. The third-order valence-corrected chi connectivity index (χ3v) is 8.40. The monoisotopic (exact) mass is 594 g/mol. The smallest absolute Gasteiger partial charge is 0.304 e. The van der Waals surface area contributed by atoms with E-state index in [1.165, 1.54) is 11.8 Å². The highest BCUT2D eigenvalue weighted by molar-refractivity contribution is 7.99. The number of thioether (sulfide) groups is 1. The fourth-order valence-corrected chi connectivity index (χ4v) is 6.25. The fraction of sp³-hybridized carbons (Fsp3) is 0.552. The second-order valence-electron chi connectivity index (χ2n) is 10.8. The second kappa shape index (κ2) is 14.4. The largest absolute Gasteiger partial charge is 0.481 e. The van der Waals surface area contributed by atoms with Gasteiger partial charge in [-0.2, -0.15) is 11.8 Å². The number of carbonyl (C=O) groups is 2. The molecule has 2 aliphatic heterocycles. The Bertz CT molecular complexity index is 1240. The Kier molecular flexibility index (Phi) is 10.9. The van der Waals surface area contributed by atoms with Crippen LogP contribution in [0.5, 0.6) is 0 Å². The van der Waals surface area contributed by atoms with Gasteiger partial charge in [0.25, 0.3) is 0 Å². The van der Waals surface area contributed by atoms with Crippen molar-refractivity contribution < 1.29 is 32.6 Å². The molecule has 8 nitrogen and oxygen atoms in total. The van der Waals surface area contributed by atoms with Crippen LogP contribution in [0.25, 0.3) is 11.3 Å². The number of carboxylic acids is 1.